The predicted molar refractivity (Wildman–Crippen MR) is 163 cm³/mol. The molecule has 0 saturated carbocycles. The Balaban J connectivity index is 1.32. The number of likely N-dealkylation sites (tertiary alicyclic amines) is 1. The Morgan fingerprint density at radius 1 is 1.21 bits per heavy atom. The van der Waals surface area contributed by atoms with Crippen molar-refractivity contribution >= 4 is 90.6 Å². The number of alkyl halides is 1. The molecular weight excluding hydrogens is 651 g/mol. The fourth-order valence-electron chi connectivity index (χ4n) is 4.99. The number of carbonyl (C=O) groups is 2. The van der Waals surface area contributed by atoms with Crippen LogP contribution in [-0.4, -0.2) is 47.0 Å². The molecule has 2 N–H and O–H groups in total. The highest BCUT2D eigenvalue weighted by Crippen LogP contribution is 2.46. The van der Waals surface area contributed by atoms with E-state index in [4.69, 9.17) is 16.3 Å². The van der Waals surface area contributed by atoms with Gasteiger partial charge in [-0.25, -0.2) is 19.7 Å². The standard InChI is InChI=1S/C27H24ClIN6O3S/c1-38-20-11-19(16(12-29)10-18(20)28)35-24-21-22(33-27(35)37)23(39-26(21)31-14-30-24)25(36)32-17-6-4-15(5-7-17)13-34-8-2-3-9-34/h4-7,10-11,14H,2-3,8-9,12-13H2,1H3,(H,32,36)(H,33,37). The molecular formula is C27H24ClIN6O3S. The molecule has 1 saturated heterocycles. The number of halogens is 2. The van der Waals surface area contributed by atoms with Gasteiger partial charge in [0.2, 0.25) is 0 Å². The predicted octanol–water partition coefficient (Wildman–Crippen LogP) is 6.82. The number of hydrogen-bond acceptors (Lipinski definition) is 7. The topological polar surface area (TPSA) is 99.7 Å². The lowest BCUT2D eigenvalue weighted by Crippen LogP contribution is -2.35. The number of urea groups is 1. The first-order chi connectivity index (χ1) is 19.0. The third-order valence-corrected chi connectivity index (χ3v) is 9.09. The van der Waals surface area contributed by atoms with Crippen molar-refractivity contribution in [2.24, 2.45) is 0 Å². The Morgan fingerprint density at radius 2 is 1.97 bits per heavy atom. The van der Waals surface area contributed by atoms with Crippen LogP contribution in [0.5, 0.6) is 5.75 Å². The number of thiophene rings is 1. The van der Waals surface area contributed by atoms with Gasteiger partial charge in [-0.2, -0.15) is 0 Å². The molecule has 2 aromatic heterocycles. The van der Waals surface area contributed by atoms with Crippen molar-refractivity contribution in [2.45, 2.75) is 23.8 Å². The third-order valence-electron chi connectivity index (χ3n) is 6.88. The summed E-state index contributed by atoms with van der Waals surface area (Å²) in [6.45, 7) is 3.18. The van der Waals surface area contributed by atoms with Crippen LogP contribution in [0, 0.1) is 0 Å². The van der Waals surface area contributed by atoms with E-state index in [-0.39, 0.29) is 5.91 Å². The second-order valence-corrected chi connectivity index (χ2v) is 11.5. The smallest absolute Gasteiger partial charge is 0.332 e. The van der Waals surface area contributed by atoms with E-state index < -0.39 is 6.03 Å². The lowest BCUT2D eigenvalue weighted by Gasteiger charge is -2.29. The minimum Gasteiger partial charge on any atom is -0.495 e. The van der Waals surface area contributed by atoms with Crippen molar-refractivity contribution < 1.29 is 14.3 Å². The Morgan fingerprint density at radius 3 is 2.69 bits per heavy atom. The highest BCUT2D eigenvalue weighted by Gasteiger charge is 2.35. The quantitative estimate of drug-likeness (QED) is 0.165. The summed E-state index contributed by atoms with van der Waals surface area (Å²) >= 11 is 9.79. The summed E-state index contributed by atoms with van der Waals surface area (Å²) in [7, 11) is 1.52. The molecule has 2 aliphatic rings. The summed E-state index contributed by atoms with van der Waals surface area (Å²) < 4.78 is 6.01. The molecule has 6 rings (SSSR count). The van der Waals surface area contributed by atoms with E-state index in [1.54, 1.807) is 12.1 Å². The zero-order valence-electron chi connectivity index (χ0n) is 21.0. The van der Waals surface area contributed by atoms with Gasteiger partial charge in [-0.1, -0.05) is 46.3 Å². The summed E-state index contributed by atoms with van der Waals surface area (Å²) in [6, 6.07) is 11.0. The molecule has 0 spiro atoms. The Labute approximate surface area is 247 Å². The van der Waals surface area contributed by atoms with Gasteiger partial charge in [-0.15, -0.1) is 11.3 Å². The number of aromatic nitrogens is 2. The van der Waals surface area contributed by atoms with Crippen molar-refractivity contribution in [1.82, 2.24) is 14.9 Å². The number of rotatable bonds is 7. The minimum atomic E-state index is -0.434. The van der Waals surface area contributed by atoms with Gasteiger partial charge in [0.1, 0.15) is 21.8 Å². The van der Waals surface area contributed by atoms with Gasteiger partial charge in [-0.05, 0) is 55.3 Å². The molecule has 9 nitrogen and oxygen atoms in total. The number of carbonyl (C=O) groups excluding carboxylic acids is 2. The first-order valence-corrected chi connectivity index (χ1v) is 15.1. The summed E-state index contributed by atoms with van der Waals surface area (Å²) in [4.78, 5) is 40.6. The van der Waals surface area contributed by atoms with E-state index in [1.807, 2.05) is 24.3 Å². The van der Waals surface area contributed by atoms with Crippen LogP contribution >= 0.6 is 45.5 Å². The molecule has 2 aromatic carbocycles. The summed E-state index contributed by atoms with van der Waals surface area (Å²) in [5.41, 5.74) is 3.74. The van der Waals surface area contributed by atoms with Crippen molar-refractivity contribution in [3.63, 3.8) is 0 Å². The third kappa shape index (κ3) is 4.92. The zero-order valence-corrected chi connectivity index (χ0v) is 24.7. The van der Waals surface area contributed by atoms with Gasteiger partial charge < -0.3 is 15.4 Å². The second-order valence-electron chi connectivity index (χ2n) is 9.33. The second kappa shape index (κ2) is 10.9. The number of nitrogens with zero attached hydrogens (tertiary/aromatic N) is 4. The first kappa shape index (κ1) is 26.2. The molecule has 2 aliphatic heterocycles. The highest BCUT2D eigenvalue weighted by molar-refractivity contribution is 14.1. The molecule has 0 bridgehead atoms. The van der Waals surface area contributed by atoms with Crippen LogP contribution in [0.4, 0.5) is 27.7 Å². The van der Waals surface area contributed by atoms with Crippen LogP contribution in [0.15, 0.2) is 42.7 Å². The van der Waals surface area contributed by atoms with Crippen molar-refractivity contribution in [3.8, 4) is 5.75 Å². The van der Waals surface area contributed by atoms with Crippen molar-refractivity contribution in [2.75, 3.05) is 35.7 Å². The van der Waals surface area contributed by atoms with Gasteiger partial charge in [-0.3, -0.25) is 9.69 Å². The molecule has 4 heterocycles. The number of hydrogen-bond donors (Lipinski definition) is 2. The Kier molecular flexibility index (Phi) is 7.31. The monoisotopic (exact) mass is 674 g/mol. The maximum atomic E-state index is 13.5. The van der Waals surface area contributed by atoms with Crippen molar-refractivity contribution in [3.05, 3.63) is 63.8 Å². The number of methoxy groups -OCH3 is 1. The number of ether oxygens (including phenoxy) is 1. The van der Waals surface area contributed by atoms with Gasteiger partial charge in [0.15, 0.2) is 5.82 Å². The van der Waals surface area contributed by atoms with Gasteiger partial charge >= 0.3 is 6.03 Å². The minimum absolute atomic E-state index is 0.318. The Hall–Kier alpha value is -3.00. The largest absolute Gasteiger partial charge is 0.495 e. The van der Waals surface area contributed by atoms with E-state index in [1.165, 1.54) is 48.1 Å². The maximum absolute atomic E-state index is 13.5. The molecule has 0 radical (unpaired) electrons. The van der Waals surface area contributed by atoms with Crippen LogP contribution < -0.4 is 20.3 Å². The molecule has 3 amide bonds. The van der Waals surface area contributed by atoms with Crippen LogP contribution in [0.25, 0.3) is 10.2 Å². The lowest BCUT2D eigenvalue weighted by atomic mass is 10.1. The van der Waals surface area contributed by atoms with Crippen LogP contribution in [0.2, 0.25) is 5.02 Å². The molecule has 200 valence electrons. The number of amides is 3. The molecule has 0 unspecified atom stereocenters. The van der Waals surface area contributed by atoms with E-state index in [0.29, 0.717) is 53.2 Å². The van der Waals surface area contributed by atoms with E-state index >= 15 is 0 Å². The molecule has 12 heteroatoms. The highest BCUT2D eigenvalue weighted by atomic mass is 127. The number of anilines is 4. The fourth-order valence-corrected chi connectivity index (χ4v) is 6.85. The number of benzene rings is 2. The van der Waals surface area contributed by atoms with E-state index in [9.17, 15) is 9.59 Å². The van der Waals surface area contributed by atoms with Crippen LogP contribution in [0.1, 0.15) is 33.6 Å². The van der Waals surface area contributed by atoms with Crippen molar-refractivity contribution in [1.29, 1.82) is 0 Å². The Bertz CT molecular complexity index is 1590. The number of nitrogens with one attached hydrogen (secondary N) is 2. The molecule has 0 atom stereocenters. The van der Waals surface area contributed by atoms with Gasteiger partial charge in [0.05, 0.1) is 28.9 Å². The summed E-state index contributed by atoms with van der Waals surface area (Å²) in [5, 5.41) is 6.95. The first-order valence-electron chi connectivity index (χ1n) is 12.4. The normalized spacial score (nSPS) is 15.1. The average Bonchev–Trinajstić information content (AvgIpc) is 3.59. The SMILES string of the molecule is COc1cc(N2C(=O)Nc3c(C(=O)Nc4ccc(CN5CCCC5)cc4)sc4ncnc2c34)c(CI)cc1Cl. The zero-order chi connectivity index (χ0) is 27.1. The average molecular weight is 675 g/mol. The summed E-state index contributed by atoms with van der Waals surface area (Å²) in [5.74, 6) is 0.526. The lowest BCUT2D eigenvalue weighted by molar-refractivity contribution is 0.103. The summed E-state index contributed by atoms with van der Waals surface area (Å²) in [6.07, 6.45) is 3.90. The van der Waals surface area contributed by atoms with E-state index in [0.717, 1.165) is 25.2 Å². The maximum Gasteiger partial charge on any atom is 0.332 e. The molecule has 0 aliphatic carbocycles. The molecule has 39 heavy (non-hydrogen) atoms. The molecule has 1 fully saturated rings. The van der Waals surface area contributed by atoms with Crippen LogP contribution in [-0.2, 0) is 11.0 Å². The van der Waals surface area contributed by atoms with Crippen LogP contribution in [0.3, 0.4) is 0 Å². The van der Waals surface area contributed by atoms with Gasteiger partial charge in [0, 0.05) is 22.7 Å². The van der Waals surface area contributed by atoms with E-state index in [2.05, 4.69) is 48.1 Å². The molecule has 4 aromatic rings. The fraction of sp³-hybridized carbons (Fsp3) is 0.259. The van der Waals surface area contributed by atoms with Gasteiger partial charge in [0.25, 0.3) is 5.91 Å².